The second-order valence-corrected chi connectivity index (χ2v) is 5.77. The van der Waals surface area contributed by atoms with Crippen molar-refractivity contribution in [1.29, 1.82) is 0 Å². The van der Waals surface area contributed by atoms with E-state index in [1.807, 2.05) is 11.6 Å². The van der Waals surface area contributed by atoms with Crippen LogP contribution in [0, 0.1) is 6.92 Å². The first-order valence-corrected chi connectivity index (χ1v) is 7.39. The van der Waals surface area contributed by atoms with Gasteiger partial charge in [-0.2, -0.15) is 4.72 Å². The van der Waals surface area contributed by atoms with Crippen molar-refractivity contribution in [3.8, 4) is 5.75 Å². The first-order valence-electron chi connectivity index (χ1n) is 5.91. The molecule has 0 aliphatic rings. The van der Waals surface area contributed by atoms with E-state index < -0.39 is 28.6 Å². The Labute approximate surface area is 117 Å². The van der Waals surface area contributed by atoms with Gasteiger partial charge in [-0.25, -0.2) is 8.42 Å². The molecule has 0 aromatic heterocycles. The number of aryl methyl sites for hydroxylation is 1. The number of carbonyl (C=O) groups is 1. The van der Waals surface area contributed by atoms with Crippen molar-refractivity contribution in [1.82, 2.24) is 4.72 Å². The second kappa shape index (κ2) is 6.69. The summed E-state index contributed by atoms with van der Waals surface area (Å²) in [7, 11) is -4.02. The van der Waals surface area contributed by atoms with Crippen LogP contribution < -0.4 is 9.46 Å². The minimum absolute atomic E-state index is 0.0850. The molecule has 0 radical (unpaired) electrons. The molecule has 0 fully saturated rings. The molecule has 0 amide bonds. The third kappa shape index (κ3) is 3.92. The molecule has 20 heavy (non-hydrogen) atoms. The summed E-state index contributed by atoms with van der Waals surface area (Å²) in [6.07, 6.45) is 0. The summed E-state index contributed by atoms with van der Waals surface area (Å²) in [4.78, 5) is 10.7. The number of hydrogen-bond donors (Lipinski definition) is 3. The Kier molecular flexibility index (Phi) is 5.49. The van der Waals surface area contributed by atoms with E-state index in [0.717, 1.165) is 0 Å². The van der Waals surface area contributed by atoms with Gasteiger partial charge >= 0.3 is 5.97 Å². The van der Waals surface area contributed by atoms with Crippen molar-refractivity contribution in [3.63, 3.8) is 0 Å². The van der Waals surface area contributed by atoms with Gasteiger partial charge < -0.3 is 14.9 Å². The van der Waals surface area contributed by atoms with Crippen LogP contribution >= 0.6 is 0 Å². The van der Waals surface area contributed by atoms with E-state index in [9.17, 15) is 13.2 Å². The number of sulfonamides is 1. The lowest BCUT2D eigenvalue weighted by Crippen LogP contribution is -2.43. The number of benzene rings is 1. The Morgan fingerprint density at radius 2 is 2.10 bits per heavy atom. The first-order chi connectivity index (χ1) is 9.31. The largest absolute Gasteiger partial charge is 0.494 e. The van der Waals surface area contributed by atoms with Crippen molar-refractivity contribution in [2.75, 3.05) is 13.2 Å². The number of aliphatic hydroxyl groups is 1. The highest BCUT2D eigenvalue weighted by Crippen LogP contribution is 2.21. The number of aliphatic carboxylic acids is 1. The normalized spacial score (nSPS) is 12.9. The van der Waals surface area contributed by atoms with Crippen molar-refractivity contribution in [2.45, 2.75) is 24.8 Å². The average Bonchev–Trinajstić information content (AvgIpc) is 2.38. The van der Waals surface area contributed by atoms with Gasteiger partial charge in [-0.3, -0.25) is 4.79 Å². The van der Waals surface area contributed by atoms with Crippen LogP contribution in [0.15, 0.2) is 23.1 Å². The van der Waals surface area contributed by atoms with E-state index in [0.29, 0.717) is 17.9 Å². The van der Waals surface area contributed by atoms with Gasteiger partial charge in [-0.05, 0) is 37.6 Å². The maximum atomic E-state index is 12.0. The molecular weight excluding hydrogens is 286 g/mol. The predicted molar refractivity (Wildman–Crippen MR) is 71.2 cm³/mol. The SMILES string of the molecule is CCOc1ccc(S(=O)(=O)N[C@@H](CO)C(=O)O)cc1C. The molecule has 0 saturated heterocycles. The summed E-state index contributed by atoms with van der Waals surface area (Å²) < 4.78 is 31.2. The molecule has 0 aliphatic carbocycles. The van der Waals surface area contributed by atoms with Gasteiger partial charge in [0.25, 0.3) is 0 Å². The lowest BCUT2D eigenvalue weighted by molar-refractivity contribution is -0.139. The number of hydrogen-bond acceptors (Lipinski definition) is 5. The lowest BCUT2D eigenvalue weighted by Gasteiger charge is -2.13. The Balaban J connectivity index is 3.04. The number of nitrogens with one attached hydrogen (secondary N) is 1. The van der Waals surface area contributed by atoms with Crippen molar-refractivity contribution < 1.29 is 28.2 Å². The van der Waals surface area contributed by atoms with Gasteiger partial charge in [0.1, 0.15) is 11.8 Å². The monoisotopic (exact) mass is 303 g/mol. The molecule has 7 nitrogen and oxygen atoms in total. The fourth-order valence-corrected chi connectivity index (χ4v) is 2.79. The highest BCUT2D eigenvalue weighted by molar-refractivity contribution is 7.89. The van der Waals surface area contributed by atoms with E-state index in [2.05, 4.69) is 0 Å². The molecule has 0 unspecified atom stereocenters. The third-order valence-electron chi connectivity index (χ3n) is 2.53. The zero-order valence-corrected chi connectivity index (χ0v) is 12.0. The molecular formula is C12H17NO6S. The van der Waals surface area contributed by atoms with Crippen molar-refractivity contribution >= 4 is 16.0 Å². The molecule has 3 N–H and O–H groups in total. The number of aliphatic hydroxyl groups excluding tert-OH is 1. The number of ether oxygens (including phenoxy) is 1. The topological polar surface area (TPSA) is 113 Å². The Morgan fingerprint density at radius 1 is 1.45 bits per heavy atom. The molecule has 1 aromatic rings. The third-order valence-corrected chi connectivity index (χ3v) is 4.00. The van der Waals surface area contributed by atoms with Crippen LogP contribution in [-0.4, -0.2) is 43.9 Å². The first kappa shape index (κ1) is 16.4. The highest BCUT2D eigenvalue weighted by atomic mass is 32.2. The molecule has 0 spiro atoms. The molecule has 1 rings (SSSR count). The Bertz CT molecular complexity index is 584. The van der Waals surface area contributed by atoms with E-state index in [1.165, 1.54) is 18.2 Å². The number of rotatable bonds is 7. The summed E-state index contributed by atoms with van der Waals surface area (Å²) in [6.45, 7) is 3.12. The Morgan fingerprint density at radius 3 is 2.55 bits per heavy atom. The van der Waals surface area contributed by atoms with Crippen LogP contribution in [0.25, 0.3) is 0 Å². The summed E-state index contributed by atoms with van der Waals surface area (Å²) in [5.74, 6) is -0.887. The molecule has 0 saturated carbocycles. The predicted octanol–water partition coefficient (Wildman–Crippen LogP) is 0.118. The van der Waals surface area contributed by atoms with Gasteiger partial charge in [0, 0.05) is 0 Å². The summed E-state index contributed by atoms with van der Waals surface area (Å²) in [5, 5.41) is 17.6. The maximum Gasteiger partial charge on any atom is 0.324 e. The molecule has 0 heterocycles. The average molecular weight is 303 g/mol. The maximum absolute atomic E-state index is 12.0. The molecule has 8 heteroatoms. The number of carboxylic acids is 1. The van der Waals surface area contributed by atoms with Crippen LogP contribution in [0.2, 0.25) is 0 Å². The summed E-state index contributed by atoms with van der Waals surface area (Å²) >= 11 is 0. The molecule has 0 bridgehead atoms. The zero-order valence-electron chi connectivity index (χ0n) is 11.2. The smallest absolute Gasteiger partial charge is 0.324 e. The van der Waals surface area contributed by atoms with Crippen LogP contribution in [-0.2, 0) is 14.8 Å². The quantitative estimate of drug-likeness (QED) is 0.659. The van der Waals surface area contributed by atoms with Crippen LogP contribution in [0.5, 0.6) is 5.75 Å². The van der Waals surface area contributed by atoms with Gasteiger partial charge in [0.2, 0.25) is 10.0 Å². The number of carboxylic acid groups (broad SMARTS) is 1. The van der Waals surface area contributed by atoms with Crippen LogP contribution in [0.4, 0.5) is 0 Å². The van der Waals surface area contributed by atoms with E-state index in [1.54, 1.807) is 6.92 Å². The van der Waals surface area contributed by atoms with Crippen molar-refractivity contribution in [3.05, 3.63) is 23.8 Å². The molecule has 1 atom stereocenters. The minimum atomic E-state index is -4.02. The van der Waals surface area contributed by atoms with Gasteiger partial charge in [-0.15, -0.1) is 0 Å². The molecule has 1 aromatic carbocycles. The van der Waals surface area contributed by atoms with Crippen molar-refractivity contribution in [2.24, 2.45) is 0 Å². The standard InChI is InChI=1S/C12H17NO6S/c1-3-19-11-5-4-9(6-8(11)2)20(17,18)13-10(7-14)12(15)16/h4-6,10,13-14H,3,7H2,1-2H3,(H,15,16)/t10-/m0/s1. The summed E-state index contributed by atoms with van der Waals surface area (Å²) in [5.41, 5.74) is 0.616. The van der Waals surface area contributed by atoms with Gasteiger partial charge in [0.15, 0.2) is 0 Å². The van der Waals surface area contributed by atoms with Crippen LogP contribution in [0.3, 0.4) is 0 Å². The molecule has 112 valence electrons. The summed E-state index contributed by atoms with van der Waals surface area (Å²) in [6, 6.07) is 2.62. The van der Waals surface area contributed by atoms with Gasteiger partial charge in [-0.1, -0.05) is 0 Å². The van der Waals surface area contributed by atoms with Gasteiger partial charge in [0.05, 0.1) is 18.1 Å². The van der Waals surface area contributed by atoms with E-state index >= 15 is 0 Å². The highest BCUT2D eigenvalue weighted by Gasteiger charge is 2.25. The fraction of sp³-hybridized carbons (Fsp3) is 0.417. The minimum Gasteiger partial charge on any atom is -0.494 e. The van der Waals surface area contributed by atoms with Crippen LogP contribution in [0.1, 0.15) is 12.5 Å². The van der Waals surface area contributed by atoms with E-state index in [4.69, 9.17) is 14.9 Å². The lowest BCUT2D eigenvalue weighted by atomic mass is 10.2. The van der Waals surface area contributed by atoms with E-state index in [-0.39, 0.29) is 4.90 Å². The second-order valence-electron chi connectivity index (χ2n) is 4.06. The molecule has 0 aliphatic heterocycles. The fourth-order valence-electron chi connectivity index (χ4n) is 1.53. The zero-order chi connectivity index (χ0) is 15.3. The Hall–Kier alpha value is -1.64.